The molecule has 27 heavy (non-hydrogen) atoms. The van der Waals surface area contributed by atoms with E-state index in [1.807, 2.05) is 0 Å². The first-order chi connectivity index (χ1) is 12.5. The fourth-order valence-corrected chi connectivity index (χ4v) is 4.28. The number of hydrogen-bond acceptors (Lipinski definition) is 6. The minimum atomic E-state index is -2.16. The van der Waals surface area contributed by atoms with Crippen molar-refractivity contribution in [2.75, 3.05) is 18.0 Å². The van der Waals surface area contributed by atoms with E-state index in [0.717, 1.165) is 11.1 Å². The standard InChI is InChI=1S/C17H28N4O5Si/c1-17(2,3)27(4,5)26-15-11-19-9-7-13(15)20(16(22)23)12-6-8-18-10-14(12)21(24)25/h6,8,10,13,15,19H,7,9,11H2,1-5H3,(H,22,23). The van der Waals surface area contributed by atoms with Crippen LogP contribution in [0.3, 0.4) is 0 Å². The van der Waals surface area contributed by atoms with Gasteiger partial charge in [-0.1, -0.05) is 20.8 Å². The summed E-state index contributed by atoms with van der Waals surface area (Å²) in [6, 6.07) is 0.858. The molecule has 150 valence electrons. The number of carbonyl (C=O) groups is 1. The van der Waals surface area contributed by atoms with Gasteiger partial charge < -0.3 is 14.8 Å². The largest absolute Gasteiger partial charge is 0.465 e. The first-order valence-corrected chi connectivity index (χ1v) is 11.9. The topological polar surface area (TPSA) is 118 Å². The predicted molar refractivity (Wildman–Crippen MR) is 105 cm³/mol. The van der Waals surface area contributed by atoms with Gasteiger partial charge in [0.2, 0.25) is 0 Å². The number of nitrogens with one attached hydrogen (secondary N) is 1. The summed E-state index contributed by atoms with van der Waals surface area (Å²) in [5, 5.41) is 24.5. The first-order valence-electron chi connectivity index (χ1n) is 8.95. The van der Waals surface area contributed by atoms with Crippen LogP contribution in [-0.2, 0) is 4.43 Å². The Balaban J connectivity index is 2.43. The van der Waals surface area contributed by atoms with Gasteiger partial charge in [0, 0.05) is 12.7 Å². The molecule has 1 aliphatic rings. The van der Waals surface area contributed by atoms with Crippen LogP contribution < -0.4 is 10.2 Å². The Kier molecular flexibility index (Phi) is 6.23. The van der Waals surface area contributed by atoms with E-state index in [1.165, 1.54) is 12.3 Å². The lowest BCUT2D eigenvalue weighted by Crippen LogP contribution is -2.59. The quantitative estimate of drug-likeness (QED) is 0.445. The molecule has 1 fully saturated rings. The molecule has 2 atom stereocenters. The molecule has 1 amide bonds. The fraction of sp³-hybridized carbons (Fsp3) is 0.647. The maximum atomic E-state index is 12.1. The van der Waals surface area contributed by atoms with Crippen molar-refractivity contribution >= 4 is 25.8 Å². The normalized spacial score (nSPS) is 20.9. The van der Waals surface area contributed by atoms with Crippen molar-refractivity contribution < 1.29 is 19.3 Å². The zero-order valence-corrected chi connectivity index (χ0v) is 17.4. The number of aromatic nitrogens is 1. The molecule has 0 saturated carbocycles. The van der Waals surface area contributed by atoms with Crippen molar-refractivity contribution in [1.29, 1.82) is 0 Å². The predicted octanol–water partition coefficient (Wildman–Crippen LogP) is 3.23. The van der Waals surface area contributed by atoms with Gasteiger partial charge in [-0.15, -0.1) is 0 Å². The Labute approximate surface area is 160 Å². The molecule has 10 heteroatoms. The van der Waals surface area contributed by atoms with Gasteiger partial charge in [0.1, 0.15) is 11.9 Å². The summed E-state index contributed by atoms with van der Waals surface area (Å²) in [6.07, 6.45) is 1.33. The monoisotopic (exact) mass is 396 g/mol. The Morgan fingerprint density at radius 1 is 1.48 bits per heavy atom. The molecule has 0 aromatic carbocycles. The highest BCUT2D eigenvalue weighted by Crippen LogP contribution is 2.39. The number of nitrogens with zero attached hydrogens (tertiary/aromatic N) is 3. The van der Waals surface area contributed by atoms with Crippen LogP contribution in [-0.4, -0.2) is 54.7 Å². The zero-order valence-electron chi connectivity index (χ0n) is 16.4. The van der Waals surface area contributed by atoms with Crippen molar-refractivity contribution in [2.24, 2.45) is 0 Å². The maximum absolute atomic E-state index is 12.1. The maximum Gasteiger partial charge on any atom is 0.412 e. The highest BCUT2D eigenvalue weighted by molar-refractivity contribution is 6.74. The summed E-state index contributed by atoms with van der Waals surface area (Å²) in [7, 11) is -2.16. The highest BCUT2D eigenvalue weighted by Gasteiger charge is 2.44. The van der Waals surface area contributed by atoms with Crippen molar-refractivity contribution in [2.45, 2.75) is 57.5 Å². The summed E-state index contributed by atoms with van der Waals surface area (Å²) >= 11 is 0. The van der Waals surface area contributed by atoms with E-state index < -0.39 is 25.4 Å². The van der Waals surface area contributed by atoms with Gasteiger partial charge in [-0.3, -0.25) is 20.0 Å². The van der Waals surface area contributed by atoms with Crippen LogP contribution in [0.25, 0.3) is 0 Å². The third-order valence-corrected chi connectivity index (χ3v) is 9.92. The van der Waals surface area contributed by atoms with Crippen LogP contribution in [0.4, 0.5) is 16.2 Å². The third-order valence-electron chi connectivity index (χ3n) is 5.42. The first kappa shape index (κ1) is 21.3. The van der Waals surface area contributed by atoms with E-state index in [0.29, 0.717) is 19.5 Å². The average molecular weight is 397 g/mol. The molecular formula is C17H28N4O5Si. The molecule has 9 nitrogen and oxygen atoms in total. The zero-order chi connectivity index (χ0) is 20.4. The van der Waals surface area contributed by atoms with Crippen LogP contribution in [0.2, 0.25) is 18.1 Å². The number of pyridine rings is 1. The molecule has 0 aliphatic carbocycles. The lowest BCUT2D eigenvalue weighted by atomic mass is 10.0. The summed E-state index contributed by atoms with van der Waals surface area (Å²) in [6.45, 7) is 11.7. The number of nitro groups is 1. The summed E-state index contributed by atoms with van der Waals surface area (Å²) in [4.78, 5) is 27.7. The van der Waals surface area contributed by atoms with Gasteiger partial charge in [0.15, 0.2) is 8.32 Å². The molecule has 2 heterocycles. The average Bonchev–Trinajstić information content (AvgIpc) is 2.55. The summed E-state index contributed by atoms with van der Waals surface area (Å²) in [5.41, 5.74) is -0.303. The minimum absolute atomic E-state index is 0.0261. The third kappa shape index (κ3) is 4.63. The van der Waals surface area contributed by atoms with Crippen molar-refractivity contribution in [3.8, 4) is 0 Å². The molecule has 2 unspecified atom stereocenters. The van der Waals surface area contributed by atoms with Gasteiger partial charge in [-0.05, 0) is 37.2 Å². The SMILES string of the molecule is CC(C)(C)[Si](C)(C)OC1CNCCC1N(C(=O)O)c1ccncc1[N+](=O)[O-]. The van der Waals surface area contributed by atoms with Crippen molar-refractivity contribution in [3.05, 3.63) is 28.6 Å². The van der Waals surface area contributed by atoms with Gasteiger partial charge >= 0.3 is 11.8 Å². The van der Waals surface area contributed by atoms with E-state index in [-0.39, 0.29) is 22.5 Å². The molecule has 0 bridgehead atoms. The van der Waals surface area contributed by atoms with Gasteiger partial charge in [-0.2, -0.15) is 0 Å². The second-order valence-corrected chi connectivity index (χ2v) is 13.0. The van der Waals surface area contributed by atoms with Gasteiger partial charge in [0.25, 0.3) is 0 Å². The van der Waals surface area contributed by atoms with Crippen LogP contribution in [0.1, 0.15) is 27.2 Å². The lowest BCUT2D eigenvalue weighted by Gasteiger charge is -2.45. The van der Waals surface area contributed by atoms with Crippen LogP contribution >= 0.6 is 0 Å². The van der Waals surface area contributed by atoms with E-state index in [1.54, 1.807) is 0 Å². The smallest absolute Gasteiger partial charge is 0.412 e. The van der Waals surface area contributed by atoms with Crippen molar-refractivity contribution in [3.63, 3.8) is 0 Å². The van der Waals surface area contributed by atoms with E-state index >= 15 is 0 Å². The Morgan fingerprint density at radius 2 is 2.15 bits per heavy atom. The Bertz CT molecular complexity index is 707. The summed E-state index contributed by atoms with van der Waals surface area (Å²) < 4.78 is 6.49. The van der Waals surface area contributed by atoms with Gasteiger partial charge in [0.05, 0.1) is 17.1 Å². The lowest BCUT2D eigenvalue weighted by molar-refractivity contribution is -0.384. The second kappa shape index (κ2) is 7.91. The highest BCUT2D eigenvalue weighted by atomic mass is 28.4. The summed E-state index contributed by atoms with van der Waals surface area (Å²) in [5.74, 6) is 0. The van der Waals surface area contributed by atoms with Gasteiger partial charge in [-0.25, -0.2) is 4.79 Å². The van der Waals surface area contributed by atoms with E-state index in [2.05, 4.69) is 44.2 Å². The molecule has 0 radical (unpaired) electrons. The number of piperidine rings is 1. The van der Waals surface area contributed by atoms with E-state index in [4.69, 9.17) is 4.43 Å². The second-order valence-electron chi connectivity index (χ2n) is 8.25. The molecular weight excluding hydrogens is 368 g/mol. The van der Waals surface area contributed by atoms with Crippen LogP contribution in [0.15, 0.2) is 18.5 Å². The minimum Gasteiger partial charge on any atom is -0.465 e. The molecule has 1 aromatic heterocycles. The van der Waals surface area contributed by atoms with Crippen LogP contribution in [0, 0.1) is 10.1 Å². The fourth-order valence-electron chi connectivity index (χ4n) is 2.93. The number of rotatable bonds is 5. The molecule has 2 N–H and O–H groups in total. The number of carboxylic acid groups (broad SMARTS) is 1. The Morgan fingerprint density at radius 3 is 2.70 bits per heavy atom. The van der Waals surface area contributed by atoms with Crippen LogP contribution in [0.5, 0.6) is 0 Å². The molecule has 0 spiro atoms. The molecule has 2 rings (SSSR count). The number of hydrogen-bond donors (Lipinski definition) is 2. The number of amides is 1. The Hall–Kier alpha value is -2.04. The molecule has 1 saturated heterocycles. The van der Waals surface area contributed by atoms with Crippen molar-refractivity contribution in [1.82, 2.24) is 10.3 Å². The number of anilines is 1. The molecule has 1 aromatic rings. The molecule has 1 aliphatic heterocycles. The van der Waals surface area contributed by atoms with E-state index in [9.17, 15) is 20.0 Å².